The summed E-state index contributed by atoms with van der Waals surface area (Å²) in [6.45, 7) is 6.33. The van der Waals surface area contributed by atoms with Gasteiger partial charge in [0.2, 0.25) is 5.95 Å². The molecule has 1 aromatic heterocycles. The topological polar surface area (TPSA) is 76.6 Å². The number of hydrogen-bond acceptors (Lipinski definition) is 8. The van der Waals surface area contributed by atoms with E-state index in [0.29, 0.717) is 55.3 Å². The van der Waals surface area contributed by atoms with Gasteiger partial charge in [-0.2, -0.15) is 24.9 Å². The minimum Gasteiger partial charge on any atom is -0.489 e. The van der Waals surface area contributed by atoms with Crippen LogP contribution in [0, 0.1) is 11.8 Å². The third-order valence-electron chi connectivity index (χ3n) is 6.96. The maximum absolute atomic E-state index is 13.6. The first-order chi connectivity index (χ1) is 18.7. The Labute approximate surface area is 233 Å². The molecule has 0 amide bonds. The van der Waals surface area contributed by atoms with Crippen molar-refractivity contribution >= 4 is 29.4 Å². The third kappa shape index (κ3) is 9.77. The molecule has 1 N–H and O–H groups in total. The van der Waals surface area contributed by atoms with Crippen LogP contribution in [0.2, 0.25) is 0 Å². The van der Waals surface area contributed by atoms with Crippen molar-refractivity contribution < 1.29 is 27.4 Å². The van der Waals surface area contributed by atoms with E-state index in [4.69, 9.17) is 9.47 Å². The molecule has 0 spiro atoms. The van der Waals surface area contributed by atoms with E-state index in [2.05, 4.69) is 20.2 Å². The van der Waals surface area contributed by atoms with Gasteiger partial charge in [-0.05, 0) is 81.4 Å². The molecule has 216 valence electrons. The van der Waals surface area contributed by atoms with Gasteiger partial charge < -0.3 is 19.7 Å². The predicted octanol–water partition coefficient (Wildman–Crippen LogP) is 6.44. The Hall–Kier alpha value is -2.69. The summed E-state index contributed by atoms with van der Waals surface area (Å²) in [4.78, 5) is 22.5. The van der Waals surface area contributed by atoms with E-state index in [1.54, 1.807) is 30.2 Å². The molecule has 0 bridgehead atoms. The van der Waals surface area contributed by atoms with Crippen molar-refractivity contribution in [2.45, 2.75) is 58.7 Å². The number of ether oxygens (including phenoxy) is 2. The van der Waals surface area contributed by atoms with E-state index in [1.807, 2.05) is 20.1 Å². The number of nitrogens with one attached hydrogen (secondary N) is 1. The lowest BCUT2D eigenvalue weighted by Crippen LogP contribution is -2.33. The zero-order valence-corrected chi connectivity index (χ0v) is 23.7. The summed E-state index contributed by atoms with van der Waals surface area (Å²) in [5, 5.41) is 3.07. The summed E-state index contributed by atoms with van der Waals surface area (Å²) >= 11 is 1.67. The third-order valence-corrected chi connectivity index (χ3v) is 7.53. The Morgan fingerprint density at radius 3 is 2.44 bits per heavy atom. The van der Waals surface area contributed by atoms with E-state index in [-0.39, 0.29) is 12.5 Å². The van der Waals surface area contributed by atoms with Crippen LogP contribution in [-0.4, -0.2) is 54.2 Å². The van der Waals surface area contributed by atoms with Crippen LogP contribution in [-0.2, 0) is 22.3 Å². The zero-order valence-electron chi connectivity index (χ0n) is 22.9. The van der Waals surface area contributed by atoms with Crippen molar-refractivity contribution in [3.05, 3.63) is 41.7 Å². The molecule has 1 fully saturated rings. The molecule has 1 heterocycles. The van der Waals surface area contributed by atoms with Gasteiger partial charge in [-0.25, -0.2) is 9.97 Å². The minimum absolute atomic E-state index is 0.139. The van der Waals surface area contributed by atoms with Crippen molar-refractivity contribution in [2.75, 3.05) is 48.5 Å². The first kappa shape index (κ1) is 30.8. The van der Waals surface area contributed by atoms with Crippen LogP contribution < -0.4 is 15.0 Å². The lowest BCUT2D eigenvalue weighted by Gasteiger charge is -2.34. The van der Waals surface area contributed by atoms with E-state index in [1.165, 1.54) is 6.07 Å². The van der Waals surface area contributed by atoms with Crippen molar-refractivity contribution in [3.8, 4) is 5.75 Å². The molecular weight excluding hydrogens is 529 g/mol. The largest absolute Gasteiger partial charge is 0.489 e. The number of esters is 1. The second kappa shape index (κ2) is 15.2. The van der Waals surface area contributed by atoms with Gasteiger partial charge in [0.1, 0.15) is 0 Å². The summed E-state index contributed by atoms with van der Waals surface area (Å²) in [6.07, 6.45) is 5.00. The van der Waals surface area contributed by atoms with E-state index in [9.17, 15) is 18.0 Å². The minimum atomic E-state index is -4.44. The average molecular weight is 569 g/mol. The number of thioether (sulfide) groups is 1. The second-order valence-electron chi connectivity index (χ2n) is 9.71. The molecule has 1 aliphatic rings. The van der Waals surface area contributed by atoms with Crippen LogP contribution in [0.25, 0.3) is 0 Å². The zero-order chi connectivity index (χ0) is 28.3. The number of nitrogens with zero attached hydrogens (tertiary/aromatic N) is 3. The lowest BCUT2D eigenvalue weighted by molar-refractivity contribution is -0.144. The fraction of sp³-hybridized carbons (Fsp3) is 0.607. The number of rotatable bonds is 14. The number of aromatic nitrogens is 2. The summed E-state index contributed by atoms with van der Waals surface area (Å²) in [7, 11) is 0. The van der Waals surface area contributed by atoms with Gasteiger partial charge in [0, 0.05) is 37.5 Å². The van der Waals surface area contributed by atoms with Crippen molar-refractivity contribution in [1.82, 2.24) is 9.97 Å². The molecule has 3 rings (SSSR count). The second-order valence-corrected chi connectivity index (χ2v) is 10.7. The monoisotopic (exact) mass is 568 g/mol. The Morgan fingerprint density at radius 1 is 1.13 bits per heavy atom. The SMILES string of the molecule is CCOC(=O)C[C@H]1CC[C@H](CN(CC)c2ccc(C(F)(F)F)cc2CNc2ncc(OCCSC)cn2)CC1. The van der Waals surface area contributed by atoms with Crippen LogP contribution in [0.5, 0.6) is 5.75 Å². The smallest absolute Gasteiger partial charge is 0.416 e. The van der Waals surface area contributed by atoms with Crippen LogP contribution in [0.4, 0.5) is 24.8 Å². The quantitative estimate of drug-likeness (QED) is 0.206. The van der Waals surface area contributed by atoms with Gasteiger partial charge in [-0.3, -0.25) is 4.79 Å². The number of hydrogen-bond donors (Lipinski definition) is 1. The average Bonchev–Trinajstić information content (AvgIpc) is 2.92. The Balaban J connectivity index is 1.67. The standard InChI is InChI=1S/C28H39F3N4O3S/c1-4-35(19-21-8-6-20(7-9-21)14-26(36)37-5-2)25-11-10-23(28(29,30)31)15-22(25)16-32-27-33-17-24(18-34-27)38-12-13-39-3/h10-11,15,17-18,20-21H,4-9,12-14,16,19H2,1-3H3,(H,32,33,34)/t20-,21-. The Morgan fingerprint density at radius 2 is 1.82 bits per heavy atom. The molecule has 0 radical (unpaired) electrons. The summed E-state index contributed by atoms with van der Waals surface area (Å²) in [6, 6.07) is 3.93. The maximum atomic E-state index is 13.6. The fourth-order valence-electron chi connectivity index (χ4n) is 4.89. The van der Waals surface area contributed by atoms with Gasteiger partial charge in [0.25, 0.3) is 0 Å². The van der Waals surface area contributed by atoms with E-state index < -0.39 is 11.7 Å². The van der Waals surface area contributed by atoms with Gasteiger partial charge in [0.05, 0.1) is 31.2 Å². The maximum Gasteiger partial charge on any atom is 0.416 e. The predicted molar refractivity (Wildman–Crippen MR) is 149 cm³/mol. The van der Waals surface area contributed by atoms with Crippen LogP contribution >= 0.6 is 11.8 Å². The Bertz CT molecular complexity index is 1030. The number of halogens is 3. The highest BCUT2D eigenvalue weighted by Gasteiger charge is 2.32. The van der Waals surface area contributed by atoms with Gasteiger partial charge in [-0.1, -0.05) is 0 Å². The van der Waals surface area contributed by atoms with Crippen LogP contribution in [0.15, 0.2) is 30.6 Å². The number of benzene rings is 1. The molecule has 11 heteroatoms. The van der Waals surface area contributed by atoms with Crippen molar-refractivity contribution in [2.24, 2.45) is 11.8 Å². The first-order valence-corrected chi connectivity index (χ1v) is 14.9. The van der Waals surface area contributed by atoms with Gasteiger partial charge in [0.15, 0.2) is 5.75 Å². The molecule has 0 unspecified atom stereocenters. The first-order valence-electron chi connectivity index (χ1n) is 13.5. The molecule has 1 saturated carbocycles. The molecule has 1 aromatic carbocycles. The fourth-order valence-corrected chi connectivity index (χ4v) is 5.14. The molecule has 0 saturated heterocycles. The number of alkyl halides is 3. The van der Waals surface area contributed by atoms with Crippen molar-refractivity contribution in [1.29, 1.82) is 0 Å². The molecule has 2 aromatic rings. The lowest BCUT2D eigenvalue weighted by atomic mass is 9.80. The molecule has 0 atom stereocenters. The van der Waals surface area contributed by atoms with Crippen LogP contribution in [0.1, 0.15) is 57.1 Å². The highest BCUT2D eigenvalue weighted by atomic mass is 32.2. The molecular formula is C28H39F3N4O3S. The highest BCUT2D eigenvalue weighted by molar-refractivity contribution is 7.98. The van der Waals surface area contributed by atoms with E-state index in [0.717, 1.165) is 49.7 Å². The normalized spacial score (nSPS) is 17.5. The molecule has 1 aliphatic carbocycles. The summed E-state index contributed by atoms with van der Waals surface area (Å²) in [5.41, 5.74) is 0.618. The summed E-state index contributed by atoms with van der Waals surface area (Å²) in [5.74, 6) is 2.32. The van der Waals surface area contributed by atoms with Crippen LogP contribution in [0.3, 0.4) is 0 Å². The number of carbonyl (C=O) groups is 1. The number of anilines is 2. The molecule has 39 heavy (non-hydrogen) atoms. The van der Waals surface area contributed by atoms with Gasteiger partial charge in [-0.15, -0.1) is 0 Å². The highest BCUT2D eigenvalue weighted by Crippen LogP contribution is 2.36. The summed E-state index contributed by atoms with van der Waals surface area (Å²) < 4.78 is 51.3. The van der Waals surface area contributed by atoms with Gasteiger partial charge >= 0.3 is 12.1 Å². The molecule has 7 nitrogen and oxygen atoms in total. The number of carbonyl (C=O) groups excluding carboxylic acids is 1. The Kier molecular flexibility index (Phi) is 12.0. The van der Waals surface area contributed by atoms with Crippen molar-refractivity contribution in [3.63, 3.8) is 0 Å². The molecule has 0 aliphatic heterocycles. The van der Waals surface area contributed by atoms with E-state index >= 15 is 0 Å².